The van der Waals surface area contributed by atoms with Gasteiger partial charge in [-0.05, 0) is 33.2 Å². The van der Waals surface area contributed by atoms with E-state index in [1.165, 1.54) is 4.90 Å². The van der Waals surface area contributed by atoms with Crippen LogP contribution in [0.4, 0.5) is 27.6 Å². The smallest absolute Gasteiger partial charge is 0.200 e. The second-order valence-electron chi connectivity index (χ2n) is 5.25. The molecule has 0 aromatic heterocycles. The third-order valence-electron chi connectivity index (χ3n) is 4.06. The van der Waals surface area contributed by atoms with Gasteiger partial charge >= 0.3 is 0 Å². The molecule has 0 saturated carbocycles. The summed E-state index contributed by atoms with van der Waals surface area (Å²) in [6.07, 6.45) is 2.12. The minimum Gasteiger partial charge on any atom is -0.362 e. The van der Waals surface area contributed by atoms with Crippen molar-refractivity contribution >= 4 is 5.69 Å². The average molecular weight is 308 g/mol. The van der Waals surface area contributed by atoms with Gasteiger partial charge in [-0.1, -0.05) is 0 Å². The molecule has 2 unspecified atom stereocenters. The lowest BCUT2D eigenvalue weighted by atomic mass is 9.95. The Bertz CT molecular complexity index is 506. The van der Waals surface area contributed by atoms with Gasteiger partial charge in [0.05, 0.1) is 0 Å². The molecule has 1 saturated heterocycles. The molecule has 1 heterocycles. The van der Waals surface area contributed by atoms with Gasteiger partial charge < -0.3 is 10.2 Å². The number of halogens is 5. The molecule has 2 nitrogen and oxygen atoms in total. The number of rotatable bonds is 3. The lowest BCUT2D eigenvalue weighted by Gasteiger charge is -2.41. The van der Waals surface area contributed by atoms with Crippen LogP contribution in [-0.4, -0.2) is 25.7 Å². The lowest BCUT2D eigenvalue weighted by Crippen LogP contribution is -2.51. The largest absolute Gasteiger partial charge is 0.362 e. The first kappa shape index (κ1) is 16.0. The number of piperidine rings is 1. The van der Waals surface area contributed by atoms with E-state index in [1.807, 2.05) is 6.92 Å². The summed E-state index contributed by atoms with van der Waals surface area (Å²) < 4.78 is 67.7. The Morgan fingerprint density at radius 1 is 0.952 bits per heavy atom. The standard InChI is InChI=1S/C14H17F5N2/c1-7(20-2)8-5-3-4-6-21(8)14-12(18)10(16)9(15)11(17)13(14)19/h7-8,20H,3-6H2,1-2H3. The maximum atomic E-state index is 13.9. The highest BCUT2D eigenvalue weighted by atomic mass is 19.2. The molecule has 0 aliphatic carbocycles. The van der Waals surface area contributed by atoms with Crippen LogP contribution in [0.5, 0.6) is 0 Å². The average Bonchev–Trinajstić information content (AvgIpc) is 2.51. The lowest BCUT2D eigenvalue weighted by molar-refractivity contribution is 0.350. The first-order valence-electron chi connectivity index (χ1n) is 6.85. The third-order valence-corrected chi connectivity index (χ3v) is 4.06. The third kappa shape index (κ3) is 2.71. The summed E-state index contributed by atoms with van der Waals surface area (Å²) >= 11 is 0. The van der Waals surface area contributed by atoms with Crippen molar-refractivity contribution in [1.82, 2.24) is 5.32 Å². The van der Waals surface area contributed by atoms with Crippen molar-refractivity contribution in [3.63, 3.8) is 0 Å². The fourth-order valence-corrected chi connectivity index (χ4v) is 2.79. The highest BCUT2D eigenvalue weighted by molar-refractivity contribution is 5.52. The number of likely N-dealkylation sites (N-methyl/N-ethyl adjacent to an activating group) is 1. The summed E-state index contributed by atoms with van der Waals surface area (Å²) in [6.45, 7) is 2.07. The molecule has 1 aromatic rings. The molecule has 1 aromatic carbocycles. The van der Waals surface area contributed by atoms with Crippen molar-refractivity contribution in [1.29, 1.82) is 0 Å². The summed E-state index contributed by atoms with van der Waals surface area (Å²) in [5.74, 6) is -9.44. The van der Waals surface area contributed by atoms with Crippen molar-refractivity contribution in [3.05, 3.63) is 29.1 Å². The fourth-order valence-electron chi connectivity index (χ4n) is 2.79. The number of anilines is 1. The molecule has 21 heavy (non-hydrogen) atoms. The van der Waals surface area contributed by atoms with Crippen molar-refractivity contribution < 1.29 is 22.0 Å². The molecule has 0 bridgehead atoms. The number of hydrogen-bond acceptors (Lipinski definition) is 2. The van der Waals surface area contributed by atoms with Crippen LogP contribution in [0.3, 0.4) is 0 Å². The minimum absolute atomic E-state index is 0.139. The van der Waals surface area contributed by atoms with Gasteiger partial charge in [0.2, 0.25) is 5.82 Å². The molecule has 0 amide bonds. The van der Waals surface area contributed by atoms with Gasteiger partial charge in [0.1, 0.15) is 5.69 Å². The Labute approximate surface area is 119 Å². The zero-order valence-corrected chi connectivity index (χ0v) is 11.8. The molecule has 118 valence electrons. The Balaban J connectivity index is 2.53. The molecule has 1 fully saturated rings. The Kier molecular flexibility index (Phi) is 4.70. The maximum absolute atomic E-state index is 13.9. The van der Waals surface area contributed by atoms with Crippen LogP contribution in [-0.2, 0) is 0 Å². The van der Waals surface area contributed by atoms with Crippen molar-refractivity contribution in [3.8, 4) is 0 Å². The zero-order chi connectivity index (χ0) is 15.7. The van der Waals surface area contributed by atoms with Crippen molar-refractivity contribution in [2.45, 2.75) is 38.3 Å². The topological polar surface area (TPSA) is 15.3 Å². The fraction of sp³-hybridized carbons (Fsp3) is 0.571. The van der Waals surface area contributed by atoms with Gasteiger partial charge in [0.25, 0.3) is 0 Å². The number of benzene rings is 1. The number of hydrogen-bond donors (Lipinski definition) is 1. The molecule has 1 aliphatic heterocycles. The first-order chi connectivity index (χ1) is 9.90. The summed E-state index contributed by atoms with van der Waals surface area (Å²) in [7, 11) is 1.69. The van der Waals surface area contributed by atoms with Crippen LogP contribution in [0, 0.1) is 29.1 Å². The van der Waals surface area contributed by atoms with E-state index in [1.54, 1.807) is 7.05 Å². The van der Waals surface area contributed by atoms with Crippen LogP contribution in [0.25, 0.3) is 0 Å². The number of nitrogens with zero attached hydrogens (tertiary/aromatic N) is 1. The van der Waals surface area contributed by atoms with Crippen LogP contribution in [0.1, 0.15) is 26.2 Å². The Hall–Kier alpha value is -1.37. The number of nitrogens with one attached hydrogen (secondary N) is 1. The zero-order valence-electron chi connectivity index (χ0n) is 11.8. The Morgan fingerprint density at radius 3 is 2.00 bits per heavy atom. The van der Waals surface area contributed by atoms with Crippen molar-refractivity contribution in [2.75, 3.05) is 18.5 Å². The molecule has 1 aliphatic rings. The van der Waals surface area contributed by atoms with E-state index in [2.05, 4.69) is 5.32 Å². The molecular formula is C14H17F5N2. The molecule has 2 atom stereocenters. The van der Waals surface area contributed by atoms with E-state index in [0.717, 1.165) is 6.42 Å². The SMILES string of the molecule is CNC(C)C1CCCCN1c1c(F)c(F)c(F)c(F)c1F. The Morgan fingerprint density at radius 2 is 1.48 bits per heavy atom. The summed E-state index contributed by atoms with van der Waals surface area (Å²) in [5, 5.41) is 2.97. The van der Waals surface area contributed by atoms with Gasteiger partial charge in [0, 0.05) is 18.6 Å². The first-order valence-corrected chi connectivity index (χ1v) is 6.85. The molecule has 2 rings (SSSR count). The van der Waals surface area contributed by atoms with Crippen LogP contribution < -0.4 is 10.2 Å². The predicted molar refractivity (Wildman–Crippen MR) is 69.7 cm³/mol. The second kappa shape index (κ2) is 6.17. The summed E-state index contributed by atoms with van der Waals surface area (Å²) in [6, 6.07) is -0.461. The van der Waals surface area contributed by atoms with Gasteiger partial charge in [-0.25, -0.2) is 22.0 Å². The summed E-state index contributed by atoms with van der Waals surface area (Å²) in [5.41, 5.74) is -0.821. The predicted octanol–water partition coefficient (Wildman–Crippen LogP) is 3.35. The molecule has 0 radical (unpaired) electrons. The monoisotopic (exact) mass is 308 g/mol. The molecule has 7 heteroatoms. The van der Waals surface area contributed by atoms with E-state index in [0.29, 0.717) is 12.8 Å². The second-order valence-corrected chi connectivity index (χ2v) is 5.25. The molecular weight excluding hydrogens is 291 g/mol. The van der Waals surface area contributed by atoms with Crippen LogP contribution in [0.15, 0.2) is 0 Å². The van der Waals surface area contributed by atoms with E-state index in [9.17, 15) is 22.0 Å². The van der Waals surface area contributed by atoms with Gasteiger partial charge in [-0.15, -0.1) is 0 Å². The van der Waals surface area contributed by atoms with Gasteiger partial charge in [-0.2, -0.15) is 0 Å². The molecule has 0 spiro atoms. The highest BCUT2D eigenvalue weighted by Gasteiger charge is 2.35. The molecule has 1 N–H and O–H groups in total. The van der Waals surface area contributed by atoms with Gasteiger partial charge in [0.15, 0.2) is 23.3 Å². The van der Waals surface area contributed by atoms with E-state index < -0.39 is 34.8 Å². The van der Waals surface area contributed by atoms with Crippen molar-refractivity contribution in [2.24, 2.45) is 0 Å². The van der Waals surface area contributed by atoms with E-state index in [-0.39, 0.29) is 18.6 Å². The summed E-state index contributed by atoms with van der Waals surface area (Å²) in [4.78, 5) is 1.29. The highest BCUT2D eigenvalue weighted by Crippen LogP contribution is 2.34. The van der Waals surface area contributed by atoms with Gasteiger partial charge in [-0.3, -0.25) is 0 Å². The van der Waals surface area contributed by atoms with Crippen LogP contribution >= 0.6 is 0 Å². The minimum atomic E-state index is -2.12. The normalized spacial score (nSPS) is 20.7. The van der Waals surface area contributed by atoms with Crippen LogP contribution in [0.2, 0.25) is 0 Å². The van der Waals surface area contributed by atoms with E-state index in [4.69, 9.17) is 0 Å². The quantitative estimate of drug-likeness (QED) is 0.523. The maximum Gasteiger partial charge on any atom is 0.200 e. The van der Waals surface area contributed by atoms with E-state index >= 15 is 0 Å².